The van der Waals surface area contributed by atoms with Gasteiger partial charge in [-0.05, 0) is 24.6 Å². The maximum atomic E-state index is 11.7. The van der Waals surface area contributed by atoms with Crippen molar-refractivity contribution < 1.29 is 14.3 Å². The van der Waals surface area contributed by atoms with Crippen LogP contribution in [0.15, 0.2) is 36.5 Å². The molecular formula is C16H20N4O3. The van der Waals surface area contributed by atoms with Gasteiger partial charge in [0.2, 0.25) is 11.8 Å². The van der Waals surface area contributed by atoms with E-state index in [1.165, 1.54) is 13.3 Å². The van der Waals surface area contributed by atoms with E-state index in [0.717, 1.165) is 0 Å². The van der Waals surface area contributed by atoms with Gasteiger partial charge in [0.05, 0.1) is 30.7 Å². The van der Waals surface area contributed by atoms with Gasteiger partial charge in [-0.2, -0.15) is 0 Å². The average Bonchev–Trinajstić information content (AvgIpc) is 2.57. The van der Waals surface area contributed by atoms with Crippen molar-refractivity contribution in [2.45, 2.75) is 19.4 Å². The highest BCUT2D eigenvalue weighted by Crippen LogP contribution is 2.29. The van der Waals surface area contributed by atoms with Crippen LogP contribution in [0, 0.1) is 0 Å². The summed E-state index contributed by atoms with van der Waals surface area (Å²) in [6, 6.07) is 7.89. The van der Waals surface area contributed by atoms with Crippen molar-refractivity contribution in [1.82, 2.24) is 4.98 Å². The van der Waals surface area contributed by atoms with Gasteiger partial charge in [0.1, 0.15) is 11.5 Å². The highest BCUT2D eigenvalue weighted by molar-refractivity contribution is 5.94. The molecule has 5 N–H and O–H groups in total. The molecule has 0 spiro atoms. The van der Waals surface area contributed by atoms with Gasteiger partial charge in [-0.3, -0.25) is 4.79 Å². The van der Waals surface area contributed by atoms with Crippen molar-refractivity contribution in [3.05, 3.63) is 36.5 Å². The zero-order valence-corrected chi connectivity index (χ0v) is 13.1. The number of anilines is 2. The van der Waals surface area contributed by atoms with Crippen LogP contribution < -0.4 is 26.3 Å². The largest absolute Gasteiger partial charge is 0.494 e. The number of ether oxygens (including phenoxy) is 2. The minimum absolute atomic E-state index is 0.244. The second-order valence-corrected chi connectivity index (χ2v) is 4.89. The monoisotopic (exact) mass is 316 g/mol. The lowest BCUT2D eigenvalue weighted by Gasteiger charge is -2.11. The molecule has 0 aliphatic carbocycles. The van der Waals surface area contributed by atoms with E-state index in [1.54, 1.807) is 30.3 Å². The van der Waals surface area contributed by atoms with Gasteiger partial charge < -0.3 is 26.3 Å². The molecule has 7 nitrogen and oxygen atoms in total. The Labute approximate surface area is 134 Å². The summed E-state index contributed by atoms with van der Waals surface area (Å²) >= 11 is 0. The van der Waals surface area contributed by atoms with Crippen LogP contribution in [0.5, 0.6) is 17.4 Å². The fourth-order valence-corrected chi connectivity index (χ4v) is 1.81. The highest BCUT2D eigenvalue weighted by atomic mass is 16.5. The molecule has 0 aliphatic rings. The molecule has 0 fully saturated rings. The Morgan fingerprint density at radius 2 is 2.13 bits per heavy atom. The minimum Gasteiger partial charge on any atom is -0.494 e. The van der Waals surface area contributed by atoms with Crippen LogP contribution in [0.25, 0.3) is 0 Å². The molecule has 0 radical (unpaired) electrons. The van der Waals surface area contributed by atoms with Crippen LogP contribution in [0.3, 0.4) is 0 Å². The van der Waals surface area contributed by atoms with E-state index in [2.05, 4.69) is 10.3 Å². The number of nitrogens with one attached hydrogen (secondary N) is 1. The Kier molecular flexibility index (Phi) is 5.37. The number of rotatable bonds is 6. The number of nitrogens with zero attached hydrogens (tertiary/aromatic N) is 1. The zero-order valence-electron chi connectivity index (χ0n) is 13.1. The van der Waals surface area contributed by atoms with Crippen molar-refractivity contribution in [3.63, 3.8) is 0 Å². The van der Waals surface area contributed by atoms with Crippen LogP contribution in [-0.2, 0) is 4.79 Å². The molecule has 0 bridgehead atoms. The Balaban J connectivity index is 2.04. The molecule has 1 aromatic carbocycles. The average molecular weight is 316 g/mol. The van der Waals surface area contributed by atoms with Crippen molar-refractivity contribution in [1.29, 1.82) is 0 Å². The predicted molar refractivity (Wildman–Crippen MR) is 88.6 cm³/mol. The molecule has 2 rings (SSSR count). The fourth-order valence-electron chi connectivity index (χ4n) is 1.81. The Hall–Kier alpha value is -2.80. The number of pyridine rings is 1. The van der Waals surface area contributed by atoms with Gasteiger partial charge in [0.25, 0.3) is 0 Å². The molecule has 23 heavy (non-hydrogen) atoms. The maximum absolute atomic E-state index is 11.7. The van der Waals surface area contributed by atoms with E-state index in [4.69, 9.17) is 20.9 Å². The van der Waals surface area contributed by atoms with Crippen LogP contribution >= 0.6 is 0 Å². The third-order valence-corrected chi connectivity index (χ3v) is 3.21. The third kappa shape index (κ3) is 4.33. The second-order valence-electron chi connectivity index (χ2n) is 4.89. The Bertz CT molecular complexity index is 674. The predicted octanol–water partition coefficient (Wildman–Crippen LogP) is 2.14. The van der Waals surface area contributed by atoms with E-state index >= 15 is 0 Å². The van der Waals surface area contributed by atoms with Crippen LogP contribution in [0.2, 0.25) is 0 Å². The molecule has 0 aliphatic heterocycles. The number of methoxy groups -OCH3 is 1. The lowest BCUT2D eigenvalue weighted by Crippen LogP contribution is -2.34. The van der Waals surface area contributed by atoms with Gasteiger partial charge in [-0.15, -0.1) is 0 Å². The number of amides is 1. The number of nitrogens with two attached hydrogens (primary N) is 2. The summed E-state index contributed by atoms with van der Waals surface area (Å²) in [5.74, 6) is 1.22. The number of aromatic nitrogens is 1. The van der Waals surface area contributed by atoms with Crippen LogP contribution in [0.4, 0.5) is 11.4 Å². The highest BCUT2D eigenvalue weighted by Gasteiger charge is 2.11. The van der Waals surface area contributed by atoms with E-state index in [1.807, 2.05) is 6.92 Å². The quantitative estimate of drug-likeness (QED) is 0.704. The van der Waals surface area contributed by atoms with E-state index in [9.17, 15) is 4.79 Å². The second kappa shape index (κ2) is 7.46. The SMILES string of the molecule is CC[C@@H](N)C(=O)Nc1ccc(Oc2ccc(N)c(OC)c2)nc1. The first-order valence-corrected chi connectivity index (χ1v) is 7.17. The standard InChI is InChI=1S/C16H20N4O3/c1-3-12(17)16(21)20-10-4-7-15(19-9-10)23-11-5-6-13(18)14(8-11)22-2/h4-9,12H,3,17-18H2,1-2H3,(H,20,21)/t12-/m1/s1. The molecular weight excluding hydrogens is 296 g/mol. The molecule has 122 valence electrons. The number of hydrogen-bond acceptors (Lipinski definition) is 6. The number of carbonyl (C=O) groups excluding carboxylic acids is 1. The Morgan fingerprint density at radius 3 is 2.74 bits per heavy atom. The molecule has 0 saturated carbocycles. The summed E-state index contributed by atoms with van der Waals surface area (Å²) < 4.78 is 10.8. The lowest BCUT2D eigenvalue weighted by atomic mass is 10.2. The van der Waals surface area contributed by atoms with Gasteiger partial charge in [0, 0.05) is 12.1 Å². The topological polar surface area (TPSA) is 112 Å². The van der Waals surface area contributed by atoms with Crippen molar-refractivity contribution >= 4 is 17.3 Å². The first-order chi connectivity index (χ1) is 11.0. The van der Waals surface area contributed by atoms with Crippen molar-refractivity contribution in [2.24, 2.45) is 5.73 Å². The van der Waals surface area contributed by atoms with Gasteiger partial charge in [-0.1, -0.05) is 6.92 Å². The molecule has 2 aromatic rings. The summed E-state index contributed by atoms with van der Waals surface area (Å²) in [5.41, 5.74) is 12.5. The first-order valence-electron chi connectivity index (χ1n) is 7.17. The summed E-state index contributed by atoms with van der Waals surface area (Å²) in [7, 11) is 1.53. The fraction of sp³-hybridized carbons (Fsp3) is 0.250. The summed E-state index contributed by atoms with van der Waals surface area (Å²) in [6.45, 7) is 1.85. The molecule has 1 heterocycles. The minimum atomic E-state index is -0.534. The van der Waals surface area contributed by atoms with Crippen molar-refractivity contribution in [3.8, 4) is 17.4 Å². The first kappa shape index (κ1) is 16.6. The molecule has 0 unspecified atom stereocenters. The van der Waals surface area contributed by atoms with Gasteiger partial charge in [-0.25, -0.2) is 4.98 Å². The summed E-state index contributed by atoms with van der Waals surface area (Å²) in [4.78, 5) is 15.8. The number of carbonyl (C=O) groups is 1. The molecule has 1 amide bonds. The molecule has 0 saturated heterocycles. The van der Waals surface area contributed by atoms with E-state index in [-0.39, 0.29) is 5.91 Å². The van der Waals surface area contributed by atoms with Crippen LogP contribution in [0.1, 0.15) is 13.3 Å². The number of nitrogen functional groups attached to an aromatic ring is 1. The van der Waals surface area contributed by atoms with Gasteiger partial charge in [0.15, 0.2) is 0 Å². The molecule has 7 heteroatoms. The zero-order chi connectivity index (χ0) is 16.8. The number of hydrogen-bond donors (Lipinski definition) is 3. The number of benzene rings is 1. The third-order valence-electron chi connectivity index (χ3n) is 3.21. The summed E-state index contributed by atoms with van der Waals surface area (Å²) in [6.07, 6.45) is 2.07. The Morgan fingerprint density at radius 1 is 1.35 bits per heavy atom. The van der Waals surface area contributed by atoms with Gasteiger partial charge >= 0.3 is 0 Å². The van der Waals surface area contributed by atoms with E-state index < -0.39 is 6.04 Å². The smallest absolute Gasteiger partial charge is 0.241 e. The summed E-state index contributed by atoms with van der Waals surface area (Å²) in [5, 5.41) is 2.69. The maximum Gasteiger partial charge on any atom is 0.241 e. The molecule has 1 aromatic heterocycles. The molecule has 1 atom stereocenters. The van der Waals surface area contributed by atoms with Crippen LogP contribution in [-0.4, -0.2) is 24.0 Å². The van der Waals surface area contributed by atoms with E-state index in [0.29, 0.717) is 35.2 Å². The van der Waals surface area contributed by atoms with Crippen molar-refractivity contribution in [2.75, 3.05) is 18.2 Å². The normalized spacial score (nSPS) is 11.6. The lowest BCUT2D eigenvalue weighted by molar-refractivity contribution is -0.117.